The molecule has 0 bridgehead atoms. The number of nitriles is 1. The number of benzene rings is 3. The summed E-state index contributed by atoms with van der Waals surface area (Å²) >= 11 is 3.53. The minimum absolute atomic E-state index is 0.355. The number of hydrogen-bond donors (Lipinski definition) is 0. The fraction of sp³-hybridized carbons (Fsp3) is 0.321. The number of hydrogen-bond acceptors (Lipinski definition) is 2. The van der Waals surface area contributed by atoms with Crippen LogP contribution in [0, 0.1) is 17.2 Å². The predicted octanol–water partition coefficient (Wildman–Crippen LogP) is 7.10. The highest BCUT2D eigenvalue weighted by atomic mass is 79.9. The van der Waals surface area contributed by atoms with Crippen molar-refractivity contribution >= 4 is 15.9 Å². The van der Waals surface area contributed by atoms with E-state index in [1.165, 1.54) is 29.5 Å². The standard InChI is InChI=1S/C28H29BrN2/c29-27-16-14-26(15-17-27)28(22-30,25-12-13-25)18-7-19-31(20-23-8-3-1-4-9-23)21-24-10-5-2-6-11-24/h1-6,8-11,14-17,25H,7,12-13,18-21H2. The number of halogens is 1. The average Bonchev–Trinajstić information content (AvgIpc) is 3.65. The molecular formula is C28H29BrN2. The Bertz CT molecular complexity index is 949. The summed E-state index contributed by atoms with van der Waals surface area (Å²) in [5.74, 6) is 0.496. The van der Waals surface area contributed by atoms with Gasteiger partial charge in [0.05, 0.1) is 11.5 Å². The summed E-state index contributed by atoms with van der Waals surface area (Å²) in [6.07, 6.45) is 4.26. The van der Waals surface area contributed by atoms with Crippen LogP contribution in [-0.4, -0.2) is 11.4 Å². The van der Waals surface area contributed by atoms with Crippen molar-refractivity contribution in [1.82, 2.24) is 4.90 Å². The number of nitrogens with zero attached hydrogens (tertiary/aromatic N) is 2. The van der Waals surface area contributed by atoms with Crippen LogP contribution in [0.4, 0.5) is 0 Å². The molecule has 3 heteroatoms. The molecule has 1 fully saturated rings. The second-order valence-electron chi connectivity index (χ2n) is 8.65. The summed E-state index contributed by atoms with van der Waals surface area (Å²) in [6.45, 7) is 2.84. The monoisotopic (exact) mass is 472 g/mol. The number of rotatable bonds is 10. The molecule has 2 nitrogen and oxygen atoms in total. The van der Waals surface area contributed by atoms with Crippen LogP contribution in [0.2, 0.25) is 0 Å². The SMILES string of the molecule is N#CC(CCCN(Cc1ccccc1)Cc1ccccc1)(c1ccc(Br)cc1)C1CC1. The first-order chi connectivity index (χ1) is 15.2. The highest BCUT2D eigenvalue weighted by Crippen LogP contribution is 2.50. The van der Waals surface area contributed by atoms with Gasteiger partial charge in [0, 0.05) is 17.6 Å². The van der Waals surface area contributed by atoms with Gasteiger partial charge < -0.3 is 0 Å². The molecule has 0 aliphatic heterocycles. The van der Waals surface area contributed by atoms with E-state index in [2.05, 4.69) is 112 Å². The molecule has 3 aromatic carbocycles. The van der Waals surface area contributed by atoms with Crippen molar-refractivity contribution < 1.29 is 0 Å². The normalized spacial score (nSPS) is 15.4. The zero-order valence-electron chi connectivity index (χ0n) is 17.9. The van der Waals surface area contributed by atoms with Crippen LogP contribution in [0.1, 0.15) is 42.4 Å². The highest BCUT2D eigenvalue weighted by Gasteiger charge is 2.46. The molecule has 4 rings (SSSR count). The van der Waals surface area contributed by atoms with Crippen molar-refractivity contribution in [2.24, 2.45) is 5.92 Å². The maximum absolute atomic E-state index is 10.3. The quantitative estimate of drug-likeness (QED) is 0.314. The lowest BCUT2D eigenvalue weighted by Gasteiger charge is -2.29. The Morgan fingerprint density at radius 2 is 1.39 bits per heavy atom. The molecule has 0 heterocycles. The van der Waals surface area contributed by atoms with E-state index in [4.69, 9.17) is 0 Å². The van der Waals surface area contributed by atoms with E-state index in [9.17, 15) is 5.26 Å². The first-order valence-corrected chi connectivity index (χ1v) is 12.0. The van der Waals surface area contributed by atoms with Gasteiger partial charge in [-0.2, -0.15) is 5.26 Å². The molecule has 1 unspecified atom stereocenters. The Labute approximate surface area is 194 Å². The zero-order chi connectivity index (χ0) is 21.5. The molecule has 0 N–H and O–H groups in total. The molecular weight excluding hydrogens is 444 g/mol. The fourth-order valence-electron chi connectivity index (χ4n) is 4.60. The van der Waals surface area contributed by atoms with Crippen molar-refractivity contribution in [2.75, 3.05) is 6.54 Å². The molecule has 158 valence electrons. The maximum Gasteiger partial charge on any atom is 0.0850 e. The van der Waals surface area contributed by atoms with E-state index in [1.54, 1.807) is 0 Å². The van der Waals surface area contributed by atoms with E-state index >= 15 is 0 Å². The molecule has 1 atom stereocenters. The first kappa shape index (κ1) is 21.8. The summed E-state index contributed by atoms with van der Waals surface area (Å²) in [7, 11) is 0. The molecule has 1 aliphatic carbocycles. The van der Waals surface area contributed by atoms with Crippen LogP contribution in [-0.2, 0) is 18.5 Å². The molecule has 31 heavy (non-hydrogen) atoms. The Balaban J connectivity index is 1.47. The third kappa shape index (κ3) is 5.64. The Morgan fingerprint density at radius 3 is 1.87 bits per heavy atom. The molecule has 0 saturated heterocycles. The van der Waals surface area contributed by atoms with Gasteiger partial charge in [-0.15, -0.1) is 0 Å². The minimum Gasteiger partial charge on any atom is -0.295 e. The van der Waals surface area contributed by atoms with E-state index in [0.29, 0.717) is 5.92 Å². The fourth-order valence-corrected chi connectivity index (χ4v) is 4.86. The van der Waals surface area contributed by atoms with Gasteiger partial charge in [0.2, 0.25) is 0 Å². The van der Waals surface area contributed by atoms with Gasteiger partial charge in [0.25, 0.3) is 0 Å². The van der Waals surface area contributed by atoms with Crippen molar-refractivity contribution in [3.05, 3.63) is 106 Å². The third-order valence-electron chi connectivity index (χ3n) is 6.38. The largest absolute Gasteiger partial charge is 0.295 e. The van der Waals surface area contributed by atoms with E-state index in [1.807, 2.05) is 0 Å². The van der Waals surface area contributed by atoms with Gasteiger partial charge in [0.15, 0.2) is 0 Å². The van der Waals surface area contributed by atoms with Crippen molar-refractivity contribution in [3.8, 4) is 6.07 Å². The lowest BCUT2D eigenvalue weighted by atomic mass is 9.74. The molecule has 0 amide bonds. The van der Waals surface area contributed by atoms with Crippen LogP contribution in [0.3, 0.4) is 0 Å². The van der Waals surface area contributed by atoms with Crippen LogP contribution >= 0.6 is 15.9 Å². The zero-order valence-corrected chi connectivity index (χ0v) is 19.5. The van der Waals surface area contributed by atoms with Gasteiger partial charge in [-0.3, -0.25) is 4.90 Å². The maximum atomic E-state index is 10.3. The minimum atomic E-state index is -0.355. The Morgan fingerprint density at radius 1 is 0.839 bits per heavy atom. The molecule has 0 radical (unpaired) electrons. The van der Waals surface area contributed by atoms with Crippen LogP contribution in [0.5, 0.6) is 0 Å². The summed E-state index contributed by atoms with van der Waals surface area (Å²) in [5, 5.41) is 10.3. The average molecular weight is 473 g/mol. The highest BCUT2D eigenvalue weighted by molar-refractivity contribution is 9.10. The van der Waals surface area contributed by atoms with E-state index in [-0.39, 0.29) is 5.41 Å². The topological polar surface area (TPSA) is 27.0 Å². The molecule has 0 spiro atoms. The van der Waals surface area contributed by atoms with Crippen LogP contribution < -0.4 is 0 Å². The van der Waals surface area contributed by atoms with E-state index < -0.39 is 0 Å². The van der Waals surface area contributed by atoms with Crippen LogP contribution in [0.15, 0.2) is 89.4 Å². The Hall–Kier alpha value is -2.41. The Kier molecular flexibility index (Phi) is 7.22. The summed E-state index contributed by atoms with van der Waals surface area (Å²) in [5.41, 5.74) is 3.49. The van der Waals surface area contributed by atoms with Gasteiger partial charge in [-0.25, -0.2) is 0 Å². The van der Waals surface area contributed by atoms with E-state index in [0.717, 1.165) is 36.9 Å². The van der Waals surface area contributed by atoms with Gasteiger partial charge in [-0.05, 0) is 67.0 Å². The second kappa shape index (κ2) is 10.3. The van der Waals surface area contributed by atoms with Crippen LogP contribution in [0.25, 0.3) is 0 Å². The molecule has 1 aliphatic rings. The summed E-state index contributed by atoms with van der Waals surface area (Å²) in [6, 6.07) is 32.5. The first-order valence-electron chi connectivity index (χ1n) is 11.2. The van der Waals surface area contributed by atoms with Gasteiger partial charge in [-0.1, -0.05) is 88.7 Å². The summed E-state index contributed by atoms with van der Waals surface area (Å²) < 4.78 is 1.07. The van der Waals surface area contributed by atoms with Crippen molar-refractivity contribution in [3.63, 3.8) is 0 Å². The molecule has 0 aromatic heterocycles. The van der Waals surface area contributed by atoms with Crippen molar-refractivity contribution in [1.29, 1.82) is 5.26 Å². The molecule has 1 saturated carbocycles. The second-order valence-corrected chi connectivity index (χ2v) is 9.57. The van der Waals surface area contributed by atoms with Crippen molar-refractivity contribution in [2.45, 2.75) is 44.2 Å². The smallest absolute Gasteiger partial charge is 0.0850 e. The lowest BCUT2D eigenvalue weighted by Crippen LogP contribution is -2.30. The predicted molar refractivity (Wildman–Crippen MR) is 130 cm³/mol. The summed E-state index contributed by atoms with van der Waals surface area (Å²) in [4.78, 5) is 2.52. The lowest BCUT2D eigenvalue weighted by molar-refractivity contribution is 0.241. The van der Waals surface area contributed by atoms with Gasteiger partial charge in [0.1, 0.15) is 0 Å². The molecule has 3 aromatic rings. The van der Waals surface area contributed by atoms with Gasteiger partial charge >= 0.3 is 0 Å². The third-order valence-corrected chi connectivity index (χ3v) is 6.91.